The van der Waals surface area contributed by atoms with E-state index in [1.807, 2.05) is 6.07 Å². The van der Waals surface area contributed by atoms with Gasteiger partial charge in [-0.2, -0.15) is 5.26 Å². The van der Waals surface area contributed by atoms with Gasteiger partial charge in [0.1, 0.15) is 11.1 Å². The molecule has 0 aliphatic rings. The molecule has 1 aromatic rings. The molecule has 0 aliphatic heterocycles. The molecular weight excluding hydrogens is 272 g/mol. The first-order chi connectivity index (χ1) is 8.54. The van der Waals surface area contributed by atoms with E-state index in [1.54, 1.807) is 12.1 Å². The van der Waals surface area contributed by atoms with Crippen LogP contribution >= 0.6 is 23.8 Å². The number of ether oxygens (including phenoxy) is 2. The van der Waals surface area contributed by atoms with Crippen molar-refractivity contribution >= 4 is 34.9 Å². The van der Waals surface area contributed by atoms with Crippen LogP contribution in [-0.4, -0.2) is 19.2 Å². The maximum atomic E-state index is 8.89. The second kappa shape index (κ2) is 6.24. The van der Waals surface area contributed by atoms with E-state index in [1.165, 1.54) is 20.3 Å². The third-order valence-corrected chi connectivity index (χ3v) is 2.81. The Kier molecular flexibility index (Phi) is 4.95. The minimum absolute atomic E-state index is 0.0170. The minimum atomic E-state index is 0.0170. The number of halogens is 1. The number of nitrogens with zero attached hydrogens (tertiary/aromatic N) is 1. The molecule has 1 aromatic carbocycles. The van der Waals surface area contributed by atoms with Crippen LogP contribution in [0.25, 0.3) is 6.08 Å². The zero-order valence-electron chi connectivity index (χ0n) is 9.86. The summed E-state index contributed by atoms with van der Waals surface area (Å²) in [5, 5.41) is 9.23. The summed E-state index contributed by atoms with van der Waals surface area (Å²) < 4.78 is 10.3. The van der Waals surface area contributed by atoms with Crippen molar-refractivity contribution in [3.63, 3.8) is 0 Å². The Hall–Kier alpha value is -1.77. The van der Waals surface area contributed by atoms with Crippen LogP contribution in [0.1, 0.15) is 5.56 Å². The third kappa shape index (κ3) is 2.92. The molecule has 2 N–H and O–H groups in total. The first-order valence-corrected chi connectivity index (χ1v) is 5.65. The van der Waals surface area contributed by atoms with Crippen molar-refractivity contribution < 1.29 is 9.47 Å². The second-order valence-electron chi connectivity index (χ2n) is 3.24. The van der Waals surface area contributed by atoms with Crippen LogP contribution in [0.3, 0.4) is 0 Å². The topological polar surface area (TPSA) is 68.3 Å². The molecule has 94 valence electrons. The van der Waals surface area contributed by atoms with Crippen molar-refractivity contribution in [3.8, 4) is 17.6 Å². The average Bonchev–Trinajstić information content (AvgIpc) is 2.36. The Bertz CT molecular complexity index is 550. The highest BCUT2D eigenvalue weighted by Crippen LogP contribution is 2.38. The molecule has 4 nitrogen and oxygen atoms in total. The van der Waals surface area contributed by atoms with E-state index in [4.69, 9.17) is 44.3 Å². The van der Waals surface area contributed by atoms with Gasteiger partial charge in [-0.1, -0.05) is 23.8 Å². The highest BCUT2D eigenvalue weighted by atomic mass is 35.5. The van der Waals surface area contributed by atoms with E-state index in [2.05, 4.69) is 0 Å². The summed E-state index contributed by atoms with van der Waals surface area (Å²) >= 11 is 10.9. The van der Waals surface area contributed by atoms with Crippen molar-refractivity contribution in [2.45, 2.75) is 0 Å². The molecule has 0 heterocycles. The van der Waals surface area contributed by atoms with Crippen LogP contribution in [0.2, 0.25) is 5.02 Å². The van der Waals surface area contributed by atoms with Gasteiger partial charge in [-0.3, -0.25) is 0 Å². The Balaban J connectivity index is 3.37. The number of thiocarbonyl (C=S) groups is 1. The summed E-state index contributed by atoms with van der Waals surface area (Å²) in [6.07, 6.45) is 1.51. The number of rotatable bonds is 4. The lowest BCUT2D eigenvalue weighted by Gasteiger charge is -2.11. The Labute approximate surface area is 116 Å². The van der Waals surface area contributed by atoms with Crippen molar-refractivity contribution in [2.24, 2.45) is 5.73 Å². The van der Waals surface area contributed by atoms with Gasteiger partial charge in [-0.05, 0) is 23.8 Å². The van der Waals surface area contributed by atoms with Gasteiger partial charge in [-0.15, -0.1) is 0 Å². The molecule has 1 rings (SSSR count). The summed E-state index contributed by atoms with van der Waals surface area (Å²) in [4.78, 5) is 0.0170. The molecule has 18 heavy (non-hydrogen) atoms. The summed E-state index contributed by atoms with van der Waals surface area (Å²) in [6, 6.07) is 5.29. The van der Waals surface area contributed by atoms with Crippen LogP contribution in [0.4, 0.5) is 0 Å². The van der Waals surface area contributed by atoms with Gasteiger partial charge in [-0.25, -0.2) is 0 Å². The van der Waals surface area contributed by atoms with Gasteiger partial charge >= 0.3 is 0 Å². The smallest absolute Gasteiger partial charge is 0.179 e. The summed E-state index contributed by atoms with van der Waals surface area (Å²) in [5.74, 6) is 0.904. The van der Waals surface area contributed by atoms with Gasteiger partial charge in [0.15, 0.2) is 11.5 Å². The predicted molar refractivity (Wildman–Crippen MR) is 74.9 cm³/mol. The molecule has 0 aromatic heterocycles. The Morgan fingerprint density at radius 1 is 1.44 bits per heavy atom. The zero-order chi connectivity index (χ0) is 13.7. The van der Waals surface area contributed by atoms with E-state index >= 15 is 0 Å². The Morgan fingerprint density at radius 2 is 2.11 bits per heavy atom. The molecule has 0 amide bonds. The molecule has 0 unspecified atom stereocenters. The number of nitriles is 1. The molecular formula is C12H11ClN2O2S. The van der Waals surface area contributed by atoms with Crippen LogP contribution in [0, 0.1) is 11.3 Å². The molecule has 0 saturated heterocycles. The summed E-state index contributed by atoms with van der Waals surface area (Å²) in [5.41, 5.74) is 6.18. The molecule has 0 saturated carbocycles. The molecule has 6 heteroatoms. The lowest BCUT2D eigenvalue weighted by atomic mass is 10.1. The largest absolute Gasteiger partial charge is 0.493 e. The van der Waals surface area contributed by atoms with Crippen molar-refractivity contribution in [1.29, 1.82) is 5.26 Å². The molecule has 0 spiro atoms. The molecule has 0 aliphatic carbocycles. The quantitative estimate of drug-likeness (QED) is 0.522. The normalized spacial score (nSPS) is 10.7. The van der Waals surface area contributed by atoms with Crippen molar-refractivity contribution in [1.82, 2.24) is 0 Å². The maximum Gasteiger partial charge on any atom is 0.179 e. The Morgan fingerprint density at radius 3 is 2.56 bits per heavy atom. The highest BCUT2D eigenvalue weighted by Gasteiger charge is 2.12. The predicted octanol–water partition coefficient (Wildman–Crippen LogP) is 2.55. The van der Waals surface area contributed by atoms with Gasteiger partial charge in [0.05, 0.1) is 24.8 Å². The summed E-state index contributed by atoms with van der Waals surface area (Å²) in [6.45, 7) is 0. The van der Waals surface area contributed by atoms with E-state index in [0.29, 0.717) is 22.1 Å². The van der Waals surface area contributed by atoms with E-state index in [0.717, 1.165) is 0 Å². The first kappa shape index (κ1) is 14.3. The molecule has 0 fully saturated rings. The minimum Gasteiger partial charge on any atom is -0.493 e. The van der Waals surface area contributed by atoms with Gasteiger partial charge in [0, 0.05) is 0 Å². The number of methoxy groups -OCH3 is 2. The van der Waals surface area contributed by atoms with Crippen LogP contribution in [0.15, 0.2) is 17.7 Å². The number of benzene rings is 1. The lowest BCUT2D eigenvalue weighted by molar-refractivity contribution is 0.355. The zero-order valence-corrected chi connectivity index (χ0v) is 11.4. The fourth-order valence-corrected chi connectivity index (χ4v) is 1.72. The van der Waals surface area contributed by atoms with Crippen LogP contribution in [-0.2, 0) is 0 Å². The lowest BCUT2D eigenvalue weighted by Crippen LogP contribution is -2.09. The van der Waals surface area contributed by atoms with E-state index < -0.39 is 0 Å². The average molecular weight is 283 g/mol. The van der Waals surface area contributed by atoms with Crippen molar-refractivity contribution in [2.75, 3.05) is 14.2 Å². The molecule has 0 radical (unpaired) electrons. The molecule has 0 bridgehead atoms. The SMILES string of the molecule is COc1ccc(/C=C(/C#N)C(N)=S)c(Cl)c1OC. The van der Waals surface area contributed by atoms with Crippen LogP contribution in [0.5, 0.6) is 11.5 Å². The number of nitrogens with two attached hydrogens (primary N) is 1. The van der Waals surface area contributed by atoms with Gasteiger partial charge in [0.2, 0.25) is 0 Å². The van der Waals surface area contributed by atoms with E-state index in [9.17, 15) is 0 Å². The monoisotopic (exact) mass is 282 g/mol. The van der Waals surface area contributed by atoms with Crippen molar-refractivity contribution in [3.05, 3.63) is 28.3 Å². The van der Waals surface area contributed by atoms with Crippen LogP contribution < -0.4 is 15.2 Å². The second-order valence-corrected chi connectivity index (χ2v) is 4.06. The number of hydrogen-bond acceptors (Lipinski definition) is 4. The third-order valence-electron chi connectivity index (χ3n) is 2.20. The highest BCUT2D eigenvalue weighted by molar-refractivity contribution is 7.80. The fourth-order valence-electron chi connectivity index (χ4n) is 1.33. The fraction of sp³-hybridized carbons (Fsp3) is 0.167. The molecule has 0 atom stereocenters. The van der Waals surface area contributed by atoms with E-state index in [-0.39, 0.29) is 10.6 Å². The maximum absolute atomic E-state index is 8.89. The number of hydrogen-bond donors (Lipinski definition) is 1. The van der Waals surface area contributed by atoms with Gasteiger partial charge in [0.25, 0.3) is 0 Å². The standard InChI is InChI=1S/C12H11ClN2O2S/c1-16-9-4-3-7(10(13)11(9)17-2)5-8(6-14)12(15)18/h3-5H,1-2H3,(H2,15,18)/b8-5-. The van der Waals surface area contributed by atoms with Gasteiger partial charge < -0.3 is 15.2 Å². The first-order valence-electron chi connectivity index (χ1n) is 4.87. The summed E-state index contributed by atoms with van der Waals surface area (Å²) in [7, 11) is 3.00.